The highest BCUT2D eigenvalue weighted by Gasteiger charge is 2.53. The van der Waals surface area contributed by atoms with Crippen molar-refractivity contribution in [2.45, 2.75) is 50.5 Å². The van der Waals surface area contributed by atoms with Gasteiger partial charge >= 0.3 is 0 Å². The highest BCUT2D eigenvalue weighted by atomic mass is 32.2. The summed E-state index contributed by atoms with van der Waals surface area (Å²) < 4.78 is 40.4. The number of hydrogen-bond donors (Lipinski definition) is 1. The highest BCUT2D eigenvalue weighted by molar-refractivity contribution is 7.85. The van der Waals surface area contributed by atoms with Crippen LogP contribution in [0.3, 0.4) is 0 Å². The molecular formula is C21H29N2O3S2+. The van der Waals surface area contributed by atoms with Crippen LogP contribution in [-0.4, -0.2) is 53.3 Å². The van der Waals surface area contributed by atoms with Gasteiger partial charge in [-0.15, -0.1) is 0 Å². The molecule has 28 heavy (non-hydrogen) atoms. The Morgan fingerprint density at radius 1 is 1.11 bits per heavy atom. The summed E-state index contributed by atoms with van der Waals surface area (Å²) >= 11 is 1.54. The van der Waals surface area contributed by atoms with Gasteiger partial charge in [0.1, 0.15) is 11.8 Å². The maximum atomic E-state index is 11.9. The van der Waals surface area contributed by atoms with Crippen LogP contribution in [0.15, 0.2) is 24.3 Å². The molecule has 5 rings (SSSR count). The van der Waals surface area contributed by atoms with Crippen molar-refractivity contribution in [3.05, 3.63) is 30.0 Å². The third kappa shape index (κ3) is 3.40. The third-order valence-corrected chi connectivity index (χ3v) is 9.36. The zero-order valence-corrected chi connectivity index (χ0v) is 17.8. The second-order valence-electron chi connectivity index (χ2n) is 9.30. The van der Waals surface area contributed by atoms with E-state index in [4.69, 9.17) is 4.37 Å². The van der Waals surface area contributed by atoms with Gasteiger partial charge in [0.2, 0.25) is 0 Å². The Balaban J connectivity index is 1.45. The van der Waals surface area contributed by atoms with Gasteiger partial charge in [-0.1, -0.05) is 31.0 Å². The second-order valence-corrected chi connectivity index (χ2v) is 11.6. The van der Waals surface area contributed by atoms with E-state index in [2.05, 4.69) is 18.2 Å². The van der Waals surface area contributed by atoms with Gasteiger partial charge in [0, 0.05) is 36.0 Å². The molecule has 152 valence electrons. The SMILES string of the molecule is O=S(=O)(O)CC1CC(c2nsc3ccccc23)CC[N+]12C[C@@H]1CCCC[C@H]1C2. The average Bonchev–Trinajstić information content (AvgIpc) is 3.24. The van der Waals surface area contributed by atoms with E-state index in [1.807, 2.05) is 6.07 Å². The highest BCUT2D eigenvalue weighted by Crippen LogP contribution is 2.47. The second kappa shape index (κ2) is 7.04. The van der Waals surface area contributed by atoms with E-state index in [9.17, 15) is 13.0 Å². The molecule has 1 spiro atoms. The molecule has 0 bridgehead atoms. The molecule has 2 unspecified atom stereocenters. The number of rotatable bonds is 3. The zero-order chi connectivity index (χ0) is 19.4. The molecule has 3 aliphatic rings. The Hall–Kier alpha value is -1.02. The Kier molecular flexibility index (Phi) is 4.77. The molecule has 1 aliphatic carbocycles. The summed E-state index contributed by atoms with van der Waals surface area (Å²) in [7, 11) is -3.99. The minimum atomic E-state index is -3.99. The van der Waals surface area contributed by atoms with Crippen molar-refractivity contribution in [3.63, 3.8) is 0 Å². The Labute approximate surface area is 171 Å². The van der Waals surface area contributed by atoms with E-state index < -0.39 is 10.1 Å². The van der Waals surface area contributed by atoms with Gasteiger partial charge in [-0.3, -0.25) is 4.55 Å². The molecule has 1 N–H and O–H groups in total. The number of aromatic nitrogens is 1. The van der Waals surface area contributed by atoms with E-state index in [0.717, 1.165) is 54.5 Å². The van der Waals surface area contributed by atoms with Crippen LogP contribution in [-0.2, 0) is 10.1 Å². The summed E-state index contributed by atoms with van der Waals surface area (Å²) in [6.07, 6.45) is 7.10. The van der Waals surface area contributed by atoms with Crippen molar-refractivity contribution in [1.29, 1.82) is 0 Å². The average molecular weight is 422 g/mol. The fourth-order valence-electron chi connectivity index (χ4n) is 6.44. The monoisotopic (exact) mass is 421 g/mol. The lowest BCUT2D eigenvalue weighted by atomic mass is 9.82. The standard InChI is InChI=1S/C21H28N2O3S2/c24-28(25,26)14-18-11-15(21-19-7-3-4-8-20(19)27-22-21)9-10-23(18)12-16-5-1-2-6-17(16)13-23/h3-4,7-8,15-18H,1-2,5-6,9-14H2/p+1/t15?,16-,17-,18?/m0/s1. The molecule has 5 nitrogen and oxygen atoms in total. The lowest BCUT2D eigenvalue weighted by molar-refractivity contribution is -0.945. The molecule has 4 atom stereocenters. The minimum absolute atomic E-state index is 0.0141. The van der Waals surface area contributed by atoms with Crippen LogP contribution in [0.1, 0.15) is 50.1 Å². The summed E-state index contributed by atoms with van der Waals surface area (Å²) in [4.78, 5) is 0. The Morgan fingerprint density at radius 3 is 2.54 bits per heavy atom. The fourth-order valence-corrected chi connectivity index (χ4v) is 8.23. The van der Waals surface area contributed by atoms with E-state index in [1.165, 1.54) is 47.3 Å². The smallest absolute Gasteiger partial charge is 0.270 e. The molecule has 2 aliphatic heterocycles. The van der Waals surface area contributed by atoms with Gasteiger partial charge in [0.05, 0.1) is 30.0 Å². The van der Waals surface area contributed by atoms with Crippen molar-refractivity contribution in [2.75, 3.05) is 25.4 Å². The number of benzene rings is 1. The van der Waals surface area contributed by atoms with Crippen molar-refractivity contribution in [2.24, 2.45) is 11.8 Å². The first-order chi connectivity index (χ1) is 13.4. The molecule has 0 amide bonds. The molecule has 1 aromatic heterocycles. The predicted octanol–water partition coefficient (Wildman–Crippen LogP) is 4.07. The molecule has 1 aromatic carbocycles. The topological polar surface area (TPSA) is 67.3 Å². The van der Waals surface area contributed by atoms with Crippen LogP contribution in [0.2, 0.25) is 0 Å². The van der Waals surface area contributed by atoms with Crippen LogP contribution in [0.25, 0.3) is 10.1 Å². The molecule has 3 fully saturated rings. The first kappa shape index (κ1) is 19.0. The molecule has 2 aromatic rings. The van der Waals surface area contributed by atoms with E-state index in [1.54, 1.807) is 0 Å². The largest absolute Gasteiger partial charge is 0.320 e. The van der Waals surface area contributed by atoms with Crippen LogP contribution in [0.5, 0.6) is 0 Å². The number of hydrogen-bond acceptors (Lipinski definition) is 4. The van der Waals surface area contributed by atoms with Crippen molar-refractivity contribution in [1.82, 2.24) is 4.37 Å². The number of nitrogens with zero attached hydrogens (tertiary/aromatic N) is 2. The molecule has 7 heteroatoms. The third-order valence-electron chi connectivity index (χ3n) is 7.71. The normalized spacial score (nSPS) is 36.0. The fraction of sp³-hybridized carbons (Fsp3) is 0.667. The molecular weight excluding hydrogens is 392 g/mol. The quantitative estimate of drug-likeness (QED) is 0.599. The number of fused-ring (bicyclic) bond motifs is 2. The zero-order valence-electron chi connectivity index (χ0n) is 16.2. The van der Waals surface area contributed by atoms with Gasteiger partial charge in [-0.25, -0.2) is 0 Å². The Bertz CT molecular complexity index is 957. The molecule has 2 saturated heterocycles. The summed E-state index contributed by atoms with van der Waals surface area (Å²) in [5, 5.41) is 1.21. The van der Waals surface area contributed by atoms with Gasteiger partial charge in [-0.2, -0.15) is 12.8 Å². The minimum Gasteiger partial charge on any atom is -0.320 e. The van der Waals surface area contributed by atoms with Gasteiger partial charge in [-0.05, 0) is 30.4 Å². The predicted molar refractivity (Wildman–Crippen MR) is 112 cm³/mol. The first-order valence-corrected chi connectivity index (χ1v) is 13.0. The number of piperidine rings is 1. The van der Waals surface area contributed by atoms with E-state index in [-0.39, 0.29) is 17.7 Å². The van der Waals surface area contributed by atoms with Crippen molar-refractivity contribution >= 4 is 31.7 Å². The first-order valence-electron chi connectivity index (χ1n) is 10.6. The van der Waals surface area contributed by atoms with Crippen LogP contribution in [0.4, 0.5) is 0 Å². The molecule has 0 radical (unpaired) electrons. The molecule has 3 heterocycles. The van der Waals surface area contributed by atoms with Crippen molar-refractivity contribution < 1.29 is 17.5 Å². The van der Waals surface area contributed by atoms with Crippen LogP contribution < -0.4 is 0 Å². The molecule has 1 saturated carbocycles. The summed E-state index contributed by atoms with van der Waals surface area (Å²) in [5.41, 5.74) is 1.13. The lowest BCUT2D eigenvalue weighted by Gasteiger charge is -2.47. The van der Waals surface area contributed by atoms with Crippen LogP contribution >= 0.6 is 11.5 Å². The maximum Gasteiger partial charge on any atom is 0.270 e. The summed E-state index contributed by atoms with van der Waals surface area (Å²) in [5.74, 6) is 1.67. The summed E-state index contributed by atoms with van der Waals surface area (Å²) in [6, 6.07) is 8.32. The summed E-state index contributed by atoms with van der Waals surface area (Å²) in [6.45, 7) is 3.23. The maximum absolute atomic E-state index is 11.9. The Morgan fingerprint density at radius 2 is 1.82 bits per heavy atom. The van der Waals surface area contributed by atoms with Gasteiger partial charge in [0.15, 0.2) is 0 Å². The van der Waals surface area contributed by atoms with E-state index >= 15 is 0 Å². The van der Waals surface area contributed by atoms with Gasteiger partial charge in [0.25, 0.3) is 10.1 Å². The number of quaternary nitrogens is 1. The lowest BCUT2D eigenvalue weighted by Crippen LogP contribution is -2.60. The van der Waals surface area contributed by atoms with E-state index in [0.29, 0.717) is 0 Å². The van der Waals surface area contributed by atoms with Gasteiger partial charge < -0.3 is 4.48 Å². The van der Waals surface area contributed by atoms with Crippen molar-refractivity contribution in [3.8, 4) is 0 Å². The van der Waals surface area contributed by atoms with Crippen LogP contribution in [0, 0.1) is 11.8 Å².